The van der Waals surface area contributed by atoms with Gasteiger partial charge in [0, 0.05) is 43.1 Å². The van der Waals surface area contributed by atoms with Crippen LogP contribution in [0.5, 0.6) is 5.75 Å². The summed E-state index contributed by atoms with van der Waals surface area (Å²) >= 11 is 0. The Balaban J connectivity index is 1.79. The second kappa shape index (κ2) is 6.88. The third-order valence-electron chi connectivity index (χ3n) is 5.05. The molecule has 0 spiro atoms. The summed E-state index contributed by atoms with van der Waals surface area (Å²) in [6.07, 6.45) is 1.61. The van der Waals surface area contributed by atoms with E-state index in [1.54, 1.807) is 20.4 Å². The number of methoxy groups -OCH3 is 1. The number of carbonyl (C=O) groups is 1. The predicted molar refractivity (Wildman–Crippen MR) is 110 cm³/mol. The number of amides is 1. The van der Waals surface area contributed by atoms with Gasteiger partial charge in [0.25, 0.3) is 11.5 Å². The van der Waals surface area contributed by atoms with E-state index in [9.17, 15) is 9.59 Å². The predicted octanol–water partition coefficient (Wildman–Crippen LogP) is 2.97. The van der Waals surface area contributed by atoms with E-state index in [1.165, 1.54) is 4.57 Å². The fraction of sp³-hybridized carbons (Fsp3) is 0.182. The number of para-hydroxylation sites is 1. The number of fused-ring (bicyclic) bond motifs is 3. The van der Waals surface area contributed by atoms with Crippen molar-refractivity contribution in [1.82, 2.24) is 14.5 Å². The topological polar surface area (TPSA) is 65.3 Å². The Morgan fingerprint density at radius 1 is 1.11 bits per heavy atom. The molecule has 0 radical (unpaired) electrons. The molecule has 0 saturated carbocycles. The largest absolute Gasteiger partial charge is 0.497 e. The van der Waals surface area contributed by atoms with Gasteiger partial charge < -0.3 is 19.2 Å². The number of nitrogens with one attached hydrogen (secondary N) is 1. The normalized spacial score (nSPS) is 11.1. The average molecular weight is 375 g/mol. The minimum Gasteiger partial charge on any atom is -0.497 e. The van der Waals surface area contributed by atoms with Crippen LogP contribution in [0.2, 0.25) is 0 Å². The van der Waals surface area contributed by atoms with Gasteiger partial charge in [-0.3, -0.25) is 9.59 Å². The first kappa shape index (κ1) is 17.9. The molecule has 0 aliphatic carbocycles. The first-order valence-corrected chi connectivity index (χ1v) is 8.99. The number of ether oxygens (including phenoxy) is 1. The number of aryl methyl sites for hydroxylation is 2. The molecule has 0 aliphatic heterocycles. The van der Waals surface area contributed by atoms with E-state index in [0.717, 1.165) is 22.2 Å². The van der Waals surface area contributed by atoms with Gasteiger partial charge in [-0.2, -0.15) is 0 Å². The zero-order valence-corrected chi connectivity index (χ0v) is 16.0. The van der Waals surface area contributed by atoms with E-state index in [4.69, 9.17) is 4.74 Å². The Hall–Kier alpha value is -3.54. The first-order valence-electron chi connectivity index (χ1n) is 8.99. The summed E-state index contributed by atoms with van der Waals surface area (Å²) in [4.78, 5) is 25.8. The van der Waals surface area contributed by atoms with Crippen molar-refractivity contribution >= 4 is 27.7 Å². The number of aromatic nitrogens is 2. The van der Waals surface area contributed by atoms with Crippen molar-refractivity contribution in [2.45, 2.75) is 6.54 Å². The SMILES string of the molecule is COc1cccc(CNC(=O)c2cn(C)c(=O)c3c2c2ccccc2n3C)c1. The molecular weight excluding hydrogens is 354 g/mol. The van der Waals surface area contributed by atoms with Gasteiger partial charge in [-0.1, -0.05) is 30.3 Å². The van der Waals surface area contributed by atoms with E-state index >= 15 is 0 Å². The van der Waals surface area contributed by atoms with Gasteiger partial charge in [-0.15, -0.1) is 0 Å². The lowest BCUT2D eigenvalue weighted by Crippen LogP contribution is -2.26. The molecule has 2 aromatic heterocycles. The molecule has 0 saturated heterocycles. The fourth-order valence-corrected chi connectivity index (χ4v) is 3.63. The van der Waals surface area contributed by atoms with Crippen molar-refractivity contribution in [3.63, 3.8) is 0 Å². The van der Waals surface area contributed by atoms with E-state index < -0.39 is 0 Å². The Kier molecular flexibility index (Phi) is 4.39. The van der Waals surface area contributed by atoms with Gasteiger partial charge in [0.1, 0.15) is 11.3 Å². The highest BCUT2D eigenvalue weighted by atomic mass is 16.5. The summed E-state index contributed by atoms with van der Waals surface area (Å²) in [5, 5.41) is 4.54. The molecule has 0 aliphatic rings. The summed E-state index contributed by atoms with van der Waals surface area (Å²) < 4.78 is 8.54. The highest BCUT2D eigenvalue weighted by Crippen LogP contribution is 2.28. The number of rotatable bonds is 4. The second-order valence-electron chi connectivity index (χ2n) is 6.79. The maximum Gasteiger partial charge on any atom is 0.274 e. The van der Waals surface area contributed by atoms with Gasteiger partial charge in [-0.05, 0) is 23.8 Å². The van der Waals surface area contributed by atoms with Crippen molar-refractivity contribution in [3.05, 3.63) is 76.2 Å². The van der Waals surface area contributed by atoms with Crippen LogP contribution in [0.15, 0.2) is 59.5 Å². The van der Waals surface area contributed by atoms with Crippen LogP contribution in [0.1, 0.15) is 15.9 Å². The van der Waals surface area contributed by atoms with Crippen molar-refractivity contribution in [2.75, 3.05) is 7.11 Å². The van der Waals surface area contributed by atoms with E-state index in [-0.39, 0.29) is 11.5 Å². The zero-order chi connectivity index (χ0) is 19.8. The zero-order valence-electron chi connectivity index (χ0n) is 16.0. The Labute approximate surface area is 162 Å². The highest BCUT2D eigenvalue weighted by Gasteiger charge is 2.20. The lowest BCUT2D eigenvalue weighted by molar-refractivity contribution is 0.0952. The van der Waals surface area contributed by atoms with Gasteiger partial charge in [0.15, 0.2) is 0 Å². The molecule has 6 nitrogen and oxygen atoms in total. The lowest BCUT2D eigenvalue weighted by Gasteiger charge is -2.10. The smallest absolute Gasteiger partial charge is 0.274 e. The Morgan fingerprint density at radius 2 is 1.89 bits per heavy atom. The minimum atomic E-state index is -0.222. The standard InChI is InChI=1S/C22H21N3O3/c1-24-13-17(21(26)23-12-14-7-6-8-15(11-14)28-3)19-16-9-4-5-10-18(16)25(2)20(19)22(24)27/h4-11,13H,12H2,1-3H3,(H,23,26). The monoisotopic (exact) mass is 375 g/mol. The van der Waals surface area contributed by atoms with Crippen molar-refractivity contribution < 1.29 is 9.53 Å². The van der Waals surface area contributed by atoms with Crippen LogP contribution in [0.25, 0.3) is 21.8 Å². The molecule has 2 heterocycles. The van der Waals surface area contributed by atoms with Gasteiger partial charge >= 0.3 is 0 Å². The summed E-state index contributed by atoms with van der Waals surface area (Å²) in [7, 11) is 5.13. The number of carbonyl (C=O) groups excluding carboxylic acids is 1. The third-order valence-corrected chi connectivity index (χ3v) is 5.05. The summed E-state index contributed by atoms with van der Waals surface area (Å²) in [5.74, 6) is 0.519. The molecule has 0 unspecified atom stereocenters. The van der Waals surface area contributed by atoms with Crippen LogP contribution in [0, 0.1) is 0 Å². The summed E-state index contributed by atoms with van der Waals surface area (Å²) in [6.45, 7) is 0.366. The minimum absolute atomic E-state index is 0.127. The van der Waals surface area contributed by atoms with Crippen LogP contribution in [0.3, 0.4) is 0 Å². The second-order valence-corrected chi connectivity index (χ2v) is 6.79. The average Bonchev–Trinajstić information content (AvgIpc) is 3.02. The maximum atomic E-state index is 13.0. The first-order chi connectivity index (χ1) is 13.5. The van der Waals surface area contributed by atoms with Crippen LogP contribution in [-0.4, -0.2) is 22.2 Å². The quantitative estimate of drug-likeness (QED) is 0.596. The number of hydrogen-bond donors (Lipinski definition) is 1. The molecule has 2 aromatic carbocycles. The molecule has 4 rings (SSSR count). The number of nitrogens with zero attached hydrogens (tertiary/aromatic N) is 2. The van der Waals surface area contributed by atoms with Gasteiger partial charge in [0.2, 0.25) is 0 Å². The van der Waals surface area contributed by atoms with Crippen LogP contribution >= 0.6 is 0 Å². The van der Waals surface area contributed by atoms with Crippen molar-refractivity contribution in [1.29, 1.82) is 0 Å². The summed E-state index contributed by atoms with van der Waals surface area (Å²) in [5.41, 5.74) is 2.74. The summed E-state index contributed by atoms with van der Waals surface area (Å²) in [6, 6.07) is 15.3. The van der Waals surface area contributed by atoms with Crippen molar-refractivity contribution in [2.24, 2.45) is 14.1 Å². The Morgan fingerprint density at radius 3 is 2.68 bits per heavy atom. The number of hydrogen-bond acceptors (Lipinski definition) is 3. The molecule has 0 atom stereocenters. The van der Waals surface area contributed by atoms with Crippen molar-refractivity contribution in [3.8, 4) is 5.75 Å². The fourth-order valence-electron chi connectivity index (χ4n) is 3.63. The molecule has 0 fully saturated rings. The Bertz CT molecular complexity index is 1270. The van der Waals surface area contributed by atoms with E-state index in [1.807, 2.05) is 60.1 Å². The molecule has 28 heavy (non-hydrogen) atoms. The maximum absolute atomic E-state index is 13.0. The van der Waals surface area contributed by atoms with E-state index in [2.05, 4.69) is 5.32 Å². The molecular formula is C22H21N3O3. The molecule has 4 aromatic rings. The third kappa shape index (κ3) is 2.83. The molecule has 142 valence electrons. The molecule has 1 N–H and O–H groups in total. The van der Waals surface area contributed by atoms with E-state index in [0.29, 0.717) is 23.0 Å². The molecule has 1 amide bonds. The van der Waals surface area contributed by atoms with Crippen LogP contribution in [-0.2, 0) is 20.6 Å². The van der Waals surface area contributed by atoms with Crippen LogP contribution in [0.4, 0.5) is 0 Å². The molecule has 6 heteroatoms. The van der Waals surface area contributed by atoms with Crippen LogP contribution < -0.4 is 15.6 Å². The van der Waals surface area contributed by atoms with Gasteiger partial charge in [0.05, 0.1) is 12.7 Å². The number of pyridine rings is 1. The van der Waals surface area contributed by atoms with Gasteiger partial charge in [-0.25, -0.2) is 0 Å². The molecule has 0 bridgehead atoms. The number of benzene rings is 2. The highest BCUT2D eigenvalue weighted by molar-refractivity contribution is 6.17. The lowest BCUT2D eigenvalue weighted by atomic mass is 10.1.